The SMILES string of the molecule is CNCc1ccc2[nH]c(C)c(C3=C(c4cn(C)c5ccccc45)C(=O)NC3=O)c2c1. The molecule has 0 atom stereocenters. The highest BCUT2D eigenvalue weighted by Gasteiger charge is 2.35. The molecule has 0 unspecified atom stereocenters. The molecule has 0 spiro atoms. The third kappa shape index (κ3) is 2.61. The molecule has 0 radical (unpaired) electrons. The van der Waals surface area contributed by atoms with Gasteiger partial charge in [-0.2, -0.15) is 0 Å². The molecule has 0 saturated carbocycles. The standard InChI is InChI=1S/C24H22N4O2/c1-13-20(16-10-14(11-25-2)8-9-18(16)26-13)22-21(23(29)27-24(22)30)17-12-28(3)19-7-5-4-6-15(17)19/h4-10,12,25-26H,11H2,1-3H3,(H,27,29,30). The van der Waals surface area contributed by atoms with Crippen molar-refractivity contribution in [3.8, 4) is 0 Å². The first-order valence-corrected chi connectivity index (χ1v) is 9.90. The Morgan fingerprint density at radius 2 is 1.77 bits per heavy atom. The molecule has 1 aliphatic heterocycles. The van der Waals surface area contributed by atoms with Gasteiger partial charge in [-0.05, 0) is 37.7 Å². The second kappa shape index (κ2) is 6.71. The molecule has 1 aliphatic rings. The number of fused-ring (bicyclic) bond motifs is 2. The summed E-state index contributed by atoms with van der Waals surface area (Å²) in [5.74, 6) is -0.711. The number of benzene rings is 2. The van der Waals surface area contributed by atoms with E-state index in [0.29, 0.717) is 11.1 Å². The van der Waals surface area contributed by atoms with Crippen LogP contribution in [0, 0.1) is 6.92 Å². The van der Waals surface area contributed by atoms with Gasteiger partial charge in [-0.1, -0.05) is 24.3 Å². The summed E-state index contributed by atoms with van der Waals surface area (Å²) in [5.41, 5.74) is 6.35. The molecule has 5 rings (SSSR count). The van der Waals surface area contributed by atoms with Crippen molar-refractivity contribution in [2.45, 2.75) is 13.5 Å². The highest BCUT2D eigenvalue weighted by molar-refractivity contribution is 6.51. The van der Waals surface area contributed by atoms with Crippen LogP contribution in [0.3, 0.4) is 0 Å². The van der Waals surface area contributed by atoms with Crippen molar-refractivity contribution >= 4 is 44.8 Å². The van der Waals surface area contributed by atoms with E-state index in [0.717, 1.165) is 50.7 Å². The summed E-state index contributed by atoms with van der Waals surface area (Å²) >= 11 is 0. The lowest BCUT2D eigenvalue weighted by Gasteiger charge is -2.06. The van der Waals surface area contributed by atoms with Gasteiger partial charge < -0.3 is 14.9 Å². The minimum Gasteiger partial charge on any atom is -0.358 e. The molecule has 0 saturated heterocycles. The maximum Gasteiger partial charge on any atom is 0.259 e. The summed E-state index contributed by atoms with van der Waals surface area (Å²) in [6, 6.07) is 14.1. The van der Waals surface area contributed by atoms with E-state index in [1.54, 1.807) is 0 Å². The zero-order valence-corrected chi connectivity index (χ0v) is 17.1. The topological polar surface area (TPSA) is 78.9 Å². The number of para-hydroxylation sites is 1. The number of carbonyl (C=O) groups is 2. The highest BCUT2D eigenvalue weighted by Crippen LogP contribution is 2.39. The molecule has 6 heteroatoms. The maximum atomic E-state index is 13.0. The predicted molar refractivity (Wildman–Crippen MR) is 119 cm³/mol. The van der Waals surface area contributed by atoms with Crippen LogP contribution < -0.4 is 10.6 Å². The van der Waals surface area contributed by atoms with Crippen molar-refractivity contribution in [2.24, 2.45) is 7.05 Å². The zero-order chi connectivity index (χ0) is 21.0. The molecule has 150 valence electrons. The fraction of sp³-hybridized carbons (Fsp3) is 0.167. The molecule has 0 bridgehead atoms. The van der Waals surface area contributed by atoms with Gasteiger partial charge in [-0.25, -0.2) is 0 Å². The third-order valence-corrected chi connectivity index (χ3v) is 5.78. The van der Waals surface area contributed by atoms with Gasteiger partial charge in [0, 0.05) is 58.4 Å². The van der Waals surface area contributed by atoms with Crippen molar-refractivity contribution in [2.75, 3.05) is 7.05 Å². The summed E-state index contributed by atoms with van der Waals surface area (Å²) in [6.45, 7) is 2.66. The van der Waals surface area contributed by atoms with Crippen LogP contribution in [0.4, 0.5) is 0 Å². The quantitative estimate of drug-likeness (QED) is 0.462. The summed E-state index contributed by atoms with van der Waals surface area (Å²) in [7, 11) is 3.85. The molecule has 3 heterocycles. The Kier molecular flexibility index (Phi) is 4.11. The molecule has 30 heavy (non-hydrogen) atoms. The first kappa shape index (κ1) is 18.4. The zero-order valence-electron chi connectivity index (χ0n) is 17.1. The minimum absolute atomic E-state index is 0.355. The highest BCUT2D eigenvalue weighted by atomic mass is 16.2. The molecule has 0 aliphatic carbocycles. The van der Waals surface area contributed by atoms with Crippen LogP contribution in [0.25, 0.3) is 33.0 Å². The summed E-state index contributed by atoms with van der Waals surface area (Å²) in [5, 5.41) is 7.57. The molecule has 0 fully saturated rings. The average molecular weight is 398 g/mol. The second-order valence-electron chi connectivity index (χ2n) is 7.74. The van der Waals surface area contributed by atoms with Crippen molar-refractivity contribution < 1.29 is 9.59 Å². The summed E-state index contributed by atoms with van der Waals surface area (Å²) in [6.07, 6.45) is 1.93. The minimum atomic E-state index is -0.356. The monoisotopic (exact) mass is 398 g/mol. The lowest BCUT2D eigenvalue weighted by molar-refractivity contribution is -0.122. The van der Waals surface area contributed by atoms with E-state index >= 15 is 0 Å². The number of imide groups is 1. The largest absolute Gasteiger partial charge is 0.358 e. The van der Waals surface area contributed by atoms with Crippen molar-refractivity contribution in [3.05, 3.63) is 71.0 Å². The number of rotatable bonds is 4. The van der Waals surface area contributed by atoms with Gasteiger partial charge in [0.05, 0.1) is 11.1 Å². The number of aromatic amines is 1. The maximum absolute atomic E-state index is 13.0. The van der Waals surface area contributed by atoms with Crippen molar-refractivity contribution in [1.82, 2.24) is 20.2 Å². The first-order valence-electron chi connectivity index (χ1n) is 9.90. The molecule has 3 N–H and O–H groups in total. The van der Waals surface area contributed by atoms with Crippen LogP contribution in [0.5, 0.6) is 0 Å². The number of aryl methyl sites for hydroxylation is 2. The number of hydrogen-bond acceptors (Lipinski definition) is 3. The van der Waals surface area contributed by atoms with Gasteiger partial charge in [-0.3, -0.25) is 14.9 Å². The Morgan fingerprint density at radius 1 is 1.00 bits per heavy atom. The van der Waals surface area contributed by atoms with E-state index in [2.05, 4.69) is 27.8 Å². The number of H-pyrrole nitrogens is 1. The summed E-state index contributed by atoms with van der Waals surface area (Å²) < 4.78 is 1.98. The normalized spacial score (nSPS) is 14.4. The van der Waals surface area contributed by atoms with Gasteiger partial charge in [0.1, 0.15) is 0 Å². The molecule has 2 aromatic carbocycles. The number of amides is 2. The van der Waals surface area contributed by atoms with E-state index in [1.165, 1.54) is 0 Å². The van der Waals surface area contributed by atoms with Gasteiger partial charge >= 0.3 is 0 Å². The van der Waals surface area contributed by atoms with Crippen LogP contribution in [-0.2, 0) is 23.2 Å². The lowest BCUT2D eigenvalue weighted by Crippen LogP contribution is -2.22. The van der Waals surface area contributed by atoms with Crippen LogP contribution in [-0.4, -0.2) is 28.4 Å². The smallest absolute Gasteiger partial charge is 0.259 e. The Hall–Kier alpha value is -3.64. The fourth-order valence-electron chi connectivity index (χ4n) is 4.50. The van der Waals surface area contributed by atoms with E-state index in [1.807, 2.05) is 62.1 Å². The average Bonchev–Trinajstić information content (AvgIpc) is 3.32. The lowest BCUT2D eigenvalue weighted by atomic mass is 9.93. The number of nitrogens with one attached hydrogen (secondary N) is 3. The van der Waals surface area contributed by atoms with E-state index in [-0.39, 0.29) is 11.8 Å². The first-order chi connectivity index (χ1) is 14.5. The van der Waals surface area contributed by atoms with Gasteiger partial charge in [0.15, 0.2) is 0 Å². The Labute approximate surface area is 173 Å². The predicted octanol–water partition coefficient (Wildman–Crippen LogP) is 3.25. The Morgan fingerprint density at radius 3 is 2.57 bits per heavy atom. The molecule has 2 amide bonds. The van der Waals surface area contributed by atoms with Crippen LogP contribution in [0.1, 0.15) is 22.4 Å². The third-order valence-electron chi connectivity index (χ3n) is 5.78. The van der Waals surface area contributed by atoms with Crippen molar-refractivity contribution in [1.29, 1.82) is 0 Å². The number of hydrogen-bond donors (Lipinski definition) is 3. The van der Waals surface area contributed by atoms with Crippen LogP contribution in [0.2, 0.25) is 0 Å². The van der Waals surface area contributed by atoms with Gasteiger partial charge in [0.2, 0.25) is 0 Å². The molecule has 4 aromatic rings. The number of aromatic nitrogens is 2. The van der Waals surface area contributed by atoms with E-state index in [4.69, 9.17) is 0 Å². The number of carbonyl (C=O) groups excluding carboxylic acids is 2. The van der Waals surface area contributed by atoms with E-state index in [9.17, 15) is 9.59 Å². The van der Waals surface area contributed by atoms with Crippen LogP contribution in [0.15, 0.2) is 48.7 Å². The van der Waals surface area contributed by atoms with E-state index < -0.39 is 0 Å². The van der Waals surface area contributed by atoms with Gasteiger partial charge in [0.25, 0.3) is 11.8 Å². The fourth-order valence-corrected chi connectivity index (χ4v) is 4.50. The molecule has 6 nitrogen and oxygen atoms in total. The van der Waals surface area contributed by atoms with Gasteiger partial charge in [-0.15, -0.1) is 0 Å². The van der Waals surface area contributed by atoms with Crippen molar-refractivity contribution in [3.63, 3.8) is 0 Å². The Bertz CT molecular complexity index is 1390. The number of nitrogens with zero attached hydrogens (tertiary/aromatic N) is 1. The molecule has 2 aromatic heterocycles. The molecular formula is C24H22N4O2. The molecular weight excluding hydrogens is 376 g/mol. The van der Waals surface area contributed by atoms with Crippen LogP contribution >= 0.6 is 0 Å². The Balaban J connectivity index is 1.84. The second-order valence-corrected chi connectivity index (χ2v) is 7.74. The summed E-state index contributed by atoms with van der Waals surface area (Å²) in [4.78, 5) is 29.3.